The zero-order chi connectivity index (χ0) is 46.2. The van der Waals surface area contributed by atoms with Crippen LogP contribution in [0.1, 0.15) is 11.1 Å². The van der Waals surface area contributed by atoms with Crippen molar-refractivity contribution >= 4 is 107 Å². The van der Waals surface area contributed by atoms with Crippen molar-refractivity contribution in [2.45, 2.75) is 26.5 Å². The minimum atomic E-state index is -4.96. The summed E-state index contributed by atoms with van der Waals surface area (Å²) >= 11 is 0.856. The topological polar surface area (TPSA) is 341 Å². The Morgan fingerprint density at radius 3 is 1.72 bits per heavy atom. The van der Waals surface area contributed by atoms with E-state index in [1.54, 1.807) is 30.3 Å². The number of aromatic nitrogens is 2. The average Bonchev–Trinajstić information content (AvgIpc) is 3.64. The molecule has 0 aliphatic rings. The average molecular weight is 962 g/mol. The first-order valence-electron chi connectivity index (χ1n) is 17.7. The number of hydrogen-bond acceptors (Lipinski definition) is 18. The lowest BCUT2D eigenvalue weighted by molar-refractivity contribution is 0.481. The first-order chi connectivity index (χ1) is 30.1. The fraction of sp³-hybridized carbons (Fsp3) is 0.0263. The molecule has 64 heavy (non-hydrogen) atoms. The van der Waals surface area contributed by atoms with E-state index in [9.17, 15) is 57.1 Å². The molecule has 0 amide bonds. The van der Waals surface area contributed by atoms with Crippen LogP contribution in [-0.2, 0) is 40.5 Å². The van der Waals surface area contributed by atoms with Crippen LogP contribution in [0.2, 0.25) is 0 Å². The van der Waals surface area contributed by atoms with Gasteiger partial charge in [0.2, 0.25) is 5.13 Å². The number of benzene rings is 5. The van der Waals surface area contributed by atoms with E-state index in [0.29, 0.717) is 5.56 Å². The maximum absolute atomic E-state index is 12.4. The summed E-state index contributed by atoms with van der Waals surface area (Å²) in [5.41, 5.74) is 1.21. The molecule has 0 spiro atoms. The monoisotopic (exact) mass is 961 g/mol. The molecule has 326 valence electrons. The number of anilines is 4. The lowest BCUT2D eigenvalue weighted by Crippen LogP contribution is -2.05. The maximum atomic E-state index is 12.4. The van der Waals surface area contributed by atoms with E-state index in [1.165, 1.54) is 43.3 Å². The SMILES string of the molecule is Cc1c(C#N)c(Nc2ccc(S(=O)(=O)O)cc2)nc(Nc2ccc(S(=O)(=O)O)cc2)c1N=Nc1nc(-c2ccccc2)c(/N=N/c2cc(S(=O)(=O)O)c3cccc(S(=O)(=O)O)c3c2)s1. The van der Waals surface area contributed by atoms with Gasteiger partial charge in [0.05, 0.1) is 21.0 Å². The molecule has 0 saturated carbocycles. The Labute approximate surface area is 367 Å². The molecule has 7 aromatic rings. The smallest absolute Gasteiger partial charge is 0.295 e. The number of hydrogen-bond donors (Lipinski definition) is 6. The number of nitrogens with zero attached hydrogens (tertiary/aromatic N) is 7. The molecule has 0 atom stereocenters. The summed E-state index contributed by atoms with van der Waals surface area (Å²) in [6.45, 7) is 1.53. The van der Waals surface area contributed by atoms with Crippen LogP contribution >= 0.6 is 11.3 Å². The van der Waals surface area contributed by atoms with E-state index >= 15 is 0 Å². The van der Waals surface area contributed by atoms with E-state index in [4.69, 9.17) is 0 Å². The zero-order valence-electron chi connectivity index (χ0n) is 32.1. The van der Waals surface area contributed by atoms with Crippen molar-refractivity contribution in [2.75, 3.05) is 10.6 Å². The molecule has 0 fully saturated rings. The Hall–Kier alpha value is -6.93. The van der Waals surface area contributed by atoms with Crippen molar-refractivity contribution in [2.24, 2.45) is 20.5 Å². The van der Waals surface area contributed by atoms with Crippen LogP contribution in [-0.4, -0.2) is 61.9 Å². The second-order valence-electron chi connectivity index (χ2n) is 13.2. The molecule has 26 heteroatoms. The van der Waals surface area contributed by atoms with Gasteiger partial charge >= 0.3 is 0 Å². The largest absolute Gasteiger partial charge is 0.339 e. The maximum Gasteiger partial charge on any atom is 0.295 e. The molecule has 0 radical (unpaired) electrons. The van der Waals surface area contributed by atoms with Crippen LogP contribution in [0.25, 0.3) is 22.0 Å². The number of pyridine rings is 1. The number of nitriles is 1. The summed E-state index contributed by atoms with van der Waals surface area (Å²) in [5, 5.41) is 32.9. The number of rotatable bonds is 13. The van der Waals surface area contributed by atoms with Crippen LogP contribution in [0.4, 0.5) is 44.5 Å². The molecule has 5 aromatic carbocycles. The summed E-state index contributed by atoms with van der Waals surface area (Å²) in [6, 6.07) is 26.0. The lowest BCUT2D eigenvalue weighted by Gasteiger charge is -2.16. The van der Waals surface area contributed by atoms with Gasteiger partial charge in [0.1, 0.15) is 27.2 Å². The van der Waals surface area contributed by atoms with Crippen LogP contribution in [0, 0.1) is 18.3 Å². The Morgan fingerprint density at radius 2 is 1.17 bits per heavy atom. The Kier molecular flexibility index (Phi) is 12.2. The van der Waals surface area contributed by atoms with Crippen LogP contribution < -0.4 is 10.6 Å². The van der Waals surface area contributed by atoms with E-state index < -0.39 is 55.2 Å². The predicted octanol–water partition coefficient (Wildman–Crippen LogP) is 8.84. The van der Waals surface area contributed by atoms with E-state index in [-0.39, 0.29) is 77.0 Å². The summed E-state index contributed by atoms with van der Waals surface area (Å²) < 4.78 is 134. The molecule has 0 unspecified atom stereocenters. The van der Waals surface area contributed by atoms with Gasteiger partial charge in [-0.1, -0.05) is 53.8 Å². The van der Waals surface area contributed by atoms with Crippen molar-refractivity contribution in [1.82, 2.24) is 9.97 Å². The highest BCUT2D eigenvalue weighted by atomic mass is 32.2. The van der Waals surface area contributed by atoms with E-state index in [0.717, 1.165) is 53.8 Å². The Morgan fingerprint density at radius 1 is 0.594 bits per heavy atom. The second kappa shape index (κ2) is 17.3. The van der Waals surface area contributed by atoms with Crippen LogP contribution in [0.15, 0.2) is 149 Å². The number of thiazole rings is 1. The van der Waals surface area contributed by atoms with Gasteiger partial charge in [-0.3, -0.25) is 18.2 Å². The Bertz CT molecular complexity index is 3560. The second-order valence-corrected chi connectivity index (χ2v) is 19.8. The number of fused-ring (bicyclic) bond motifs is 1. The van der Waals surface area contributed by atoms with Gasteiger partial charge in [0.25, 0.3) is 40.5 Å². The lowest BCUT2D eigenvalue weighted by atomic mass is 10.1. The van der Waals surface area contributed by atoms with Gasteiger partial charge < -0.3 is 10.6 Å². The van der Waals surface area contributed by atoms with Gasteiger partial charge in [-0.15, -0.1) is 20.5 Å². The normalized spacial score (nSPS) is 12.5. The van der Waals surface area contributed by atoms with Gasteiger partial charge in [-0.25, -0.2) is 9.97 Å². The molecule has 6 N–H and O–H groups in total. The first-order valence-corrected chi connectivity index (χ1v) is 24.2. The molecule has 21 nitrogen and oxygen atoms in total. The molecule has 7 rings (SSSR count). The predicted molar refractivity (Wildman–Crippen MR) is 232 cm³/mol. The van der Waals surface area contributed by atoms with E-state index in [2.05, 4.69) is 47.1 Å². The van der Waals surface area contributed by atoms with Gasteiger partial charge in [-0.2, -0.15) is 38.9 Å². The van der Waals surface area contributed by atoms with Gasteiger partial charge in [0, 0.05) is 33.3 Å². The first kappa shape index (κ1) is 45.1. The number of nitrogens with one attached hydrogen (secondary N) is 2. The standard InChI is InChI=1S/C38H27N9O12S5/c1-21-30(20-39)35(40-23-10-14-26(15-11-23)61(48,49)50)43-36(41-24-12-16-27(17-13-24)62(51,52)53)33(21)45-47-38-42-34(22-6-3-2-4-7-22)37(60-38)46-44-25-18-29-28(32(19-25)64(57,58)59)8-5-9-31(29)63(54,55)56/h2-19H,1H3,(H2,40,41,43)(H,48,49,50)(H,51,52,53)(H,54,55,56)(H,57,58,59)/b46-44+,47-45?. The molecule has 0 aliphatic heterocycles. The fourth-order valence-electron chi connectivity index (χ4n) is 6.02. The third kappa shape index (κ3) is 9.97. The highest BCUT2D eigenvalue weighted by Crippen LogP contribution is 2.43. The van der Waals surface area contributed by atoms with Crippen LogP contribution in [0.3, 0.4) is 0 Å². The van der Waals surface area contributed by atoms with E-state index in [1.807, 2.05) is 0 Å². The summed E-state index contributed by atoms with van der Waals surface area (Å²) in [6.07, 6.45) is 0. The number of azo groups is 2. The minimum absolute atomic E-state index is 0.00846. The highest BCUT2D eigenvalue weighted by Gasteiger charge is 2.23. The quantitative estimate of drug-likeness (QED) is 0.0464. The molecular formula is C38H27N9O12S5. The summed E-state index contributed by atoms with van der Waals surface area (Å²) in [4.78, 5) is 6.99. The van der Waals surface area contributed by atoms with Crippen molar-refractivity contribution in [1.29, 1.82) is 5.26 Å². The van der Waals surface area contributed by atoms with Crippen molar-refractivity contribution < 1.29 is 51.9 Å². The molecular weight excluding hydrogens is 935 g/mol. The third-order valence-corrected chi connectivity index (χ3v) is 13.3. The molecule has 0 aliphatic carbocycles. The van der Waals surface area contributed by atoms with Crippen LogP contribution in [0.5, 0.6) is 0 Å². The molecule has 2 aromatic heterocycles. The summed E-state index contributed by atoms with van der Waals surface area (Å²) in [5.74, 6) is -0.0691. The highest BCUT2D eigenvalue weighted by molar-refractivity contribution is 7.86. The molecule has 0 saturated heterocycles. The molecule has 0 bridgehead atoms. The summed E-state index contributed by atoms with van der Waals surface area (Å²) in [7, 11) is -18.9. The van der Waals surface area contributed by atoms with Crippen molar-refractivity contribution in [3.05, 3.63) is 120 Å². The fourth-order valence-corrected chi connectivity index (χ4v) is 9.14. The Balaban J connectivity index is 1.33. The third-order valence-electron chi connectivity index (χ3n) is 8.95. The molecule has 2 heterocycles. The minimum Gasteiger partial charge on any atom is -0.339 e. The zero-order valence-corrected chi connectivity index (χ0v) is 36.2. The van der Waals surface area contributed by atoms with Gasteiger partial charge in [-0.05, 0) is 73.7 Å². The van der Waals surface area contributed by atoms with Crippen molar-refractivity contribution in [3.63, 3.8) is 0 Å². The van der Waals surface area contributed by atoms with Gasteiger partial charge in [0.15, 0.2) is 16.6 Å². The van der Waals surface area contributed by atoms with Crippen molar-refractivity contribution in [3.8, 4) is 17.3 Å².